The Hall–Kier alpha value is 0.840. The summed E-state index contributed by atoms with van der Waals surface area (Å²) >= 11 is 6.68. The predicted octanol–water partition coefficient (Wildman–Crippen LogP) is 3.64. The van der Waals surface area contributed by atoms with E-state index in [9.17, 15) is 4.79 Å². The molecule has 1 aromatic rings. The molecule has 19 heavy (non-hydrogen) atoms. The van der Waals surface area contributed by atoms with E-state index in [2.05, 4.69) is 86.1 Å². The monoisotopic (exact) mass is 599 g/mol. The van der Waals surface area contributed by atoms with Crippen molar-refractivity contribution < 1.29 is 9.90 Å². The van der Waals surface area contributed by atoms with Gasteiger partial charge in [-0.3, -0.25) is 4.79 Å². The van der Waals surface area contributed by atoms with Crippen LogP contribution in [0.5, 0.6) is 0 Å². The highest BCUT2D eigenvalue weighted by molar-refractivity contribution is 14.1. The van der Waals surface area contributed by atoms with Crippen LogP contribution in [0.3, 0.4) is 0 Å². The zero-order valence-electron chi connectivity index (χ0n) is 10.5. The Balaban J connectivity index is 2.73. The molecule has 1 atom stereocenters. The van der Waals surface area contributed by atoms with Gasteiger partial charge in [-0.25, -0.2) is 0 Å². The van der Waals surface area contributed by atoms with E-state index < -0.39 is 0 Å². The number of hydrogen-bond donors (Lipinski definition) is 2. The number of carbonyl (C=O) groups is 1. The molecule has 6 heteroatoms. The molecule has 0 spiro atoms. The average molecular weight is 599 g/mol. The van der Waals surface area contributed by atoms with Crippen LogP contribution < -0.4 is 5.32 Å². The molecule has 3 nitrogen and oxygen atoms in total. The molecular formula is C13H16I3NO2. The van der Waals surface area contributed by atoms with Crippen LogP contribution in [0.1, 0.15) is 30.1 Å². The van der Waals surface area contributed by atoms with E-state index in [0.717, 1.165) is 29.1 Å². The lowest BCUT2D eigenvalue weighted by Gasteiger charge is -2.15. The van der Waals surface area contributed by atoms with E-state index in [-0.39, 0.29) is 12.5 Å². The summed E-state index contributed by atoms with van der Waals surface area (Å²) in [5.41, 5.74) is 0.732. The maximum atomic E-state index is 12.2. The van der Waals surface area contributed by atoms with Crippen molar-refractivity contribution in [2.75, 3.05) is 13.2 Å². The van der Waals surface area contributed by atoms with Crippen molar-refractivity contribution in [1.82, 2.24) is 5.32 Å². The van der Waals surface area contributed by atoms with Crippen molar-refractivity contribution in [2.24, 2.45) is 5.92 Å². The van der Waals surface area contributed by atoms with E-state index in [0.29, 0.717) is 12.5 Å². The summed E-state index contributed by atoms with van der Waals surface area (Å²) in [6.45, 7) is 2.87. The highest BCUT2D eigenvalue weighted by atomic mass is 127. The molecule has 0 fully saturated rings. The first-order valence-electron chi connectivity index (χ1n) is 6.03. The molecule has 106 valence electrons. The van der Waals surface area contributed by atoms with Gasteiger partial charge in [0.05, 0.1) is 5.56 Å². The summed E-state index contributed by atoms with van der Waals surface area (Å²) in [4.78, 5) is 12.2. The molecule has 0 heterocycles. The standard InChI is InChI=1S/C13H16I3NO2/c1-2-8(3-4-18)7-17-13(19)10-5-9(14)6-11(15)12(10)16/h5-6,8,18H,2-4,7H2,1H3,(H,17,19). The minimum absolute atomic E-state index is 0.0304. The molecule has 0 aromatic heterocycles. The molecule has 1 amide bonds. The minimum atomic E-state index is -0.0304. The first-order chi connectivity index (χ1) is 8.99. The molecule has 1 aromatic carbocycles. The summed E-state index contributed by atoms with van der Waals surface area (Å²) in [5.74, 6) is 0.311. The van der Waals surface area contributed by atoms with Gasteiger partial charge in [0.25, 0.3) is 5.91 Å². The fraction of sp³-hybridized carbons (Fsp3) is 0.462. The summed E-state index contributed by atoms with van der Waals surface area (Å²) in [7, 11) is 0. The van der Waals surface area contributed by atoms with Crippen LogP contribution in [0.15, 0.2) is 12.1 Å². The Morgan fingerprint density at radius 3 is 2.63 bits per heavy atom. The number of benzene rings is 1. The average Bonchev–Trinajstić information content (AvgIpc) is 2.38. The first-order valence-corrected chi connectivity index (χ1v) is 9.26. The predicted molar refractivity (Wildman–Crippen MR) is 102 cm³/mol. The van der Waals surface area contributed by atoms with Crippen LogP contribution in [0.4, 0.5) is 0 Å². The lowest BCUT2D eigenvalue weighted by atomic mass is 10.0. The highest BCUT2D eigenvalue weighted by Gasteiger charge is 2.15. The van der Waals surface area contributed by atoms with Crippen molar-refractivity contribution in [3.8, 4) is 0 Å². The minimum Gasteiger partial charge on any atom is -0.396 e. The maximum Gasteiger partial charge on any atom is 0.252 e. The molecule has 0 bridgehead atoms. The van der Waals surface area contributed by atoms with Crippen LogP contribution in [-0.4, -0.2) is 24.2 Å². The number of halogens is 3. The van der Waals surface area contributed by atoms with Crippen LogP contribution in [0.25, 0.3) is 0 Å². The van der Waals surface area contributed by atoms with Crippen molar-refractivity contribution in [3.63, 3.8) is 0 Å². The fourth-order valence-electron chi connectivity index (χ4n) is 1.69. The second-order valence-corrected chi connectivity index (χ2v) is 7.73. The second kappa shape index (κ2) is 8.98. The molecule has 1 rings (SSSR count). The topological polar surface area (TPSA) is 49.3 Å². The molecule has 0 aliphatic heterocycles. The molecule has 0 aliphatic carbocycles. The van der Waals surface area contributed by atoms with Crippen LogP contribution in [0.2, 0.25) is 0 Å². The number of carbonyl (C=O) groups excluding carboxylic acids is 1. The van der Waals surface area contributed by atoms with Gasteiger partial charge < -0.3 is 10.4 Å². The Bertz CT molecular complexity index is 452. The zero-order chi connectivity index (χ0) is 14.4. The van der Waals surface area contributed by atoms with Gasteiger partial charge >= 0.3 is 0 Å². The van der Waals surface area contributed by atoms with Crippen molar-refractivity contribution in [3.05, 3.63) is 28.4 Å². The van der Waals surface area contributed by atoms with Gasteiger partial charge in [0.15, 0.2) is 0 Å². The van der Waals surface area contributed by atoms with Gasteiger partial charge in [0.1, 0.15) is 0 Å². The molecular weight excluding hydrogens is 583 g/mol. The Morgan fingerprint density at radius 1 is 1.37 bits per heavy atom. The number of hydrogen-bond acceptors (Lipinski definition) is 2. The summed E-state index contributed by atoms with van der Waals surface area (Å²) < 4.78 is 3.15. The number of rotatable bonds is 6. The lowest BCUT2D eigenvalue weighted by molar-refractivity contribution is 0.0942. The van der Waals surface area contributed by atoms with Crippen LogP contribution in [0, 0.1) is 16.6 Å². The van der Waals surface area contributed by atoms with E-state index >= 15 is 0 Å². The number of aliphatic hydroxyl groups excluding tert-OH is 1. The molecule has 1 unspecified atom stereocenters. The third-order valence-electron chi connectivity index (χ3n) is 2.90. The third kappa shape index (κ3) is 5.62. The molecule has 0 aliphatic rings. The van der Waals surface area contributed by atoms with Gasteiger partial charge in [0, 0.05) is 23.9 Å². The van der Waals surface area contributed by atoms with Gasteiger partial charge in [-0.1, -0.05) is 13.3 Å². The number of aliphatic hydroxyl groups is 1. The number of nitrogens with one attached hydrogen (secondary N) is 1. The van der Waals surface area contributed by atoms with Gasteiger partial charge in [0.2, 0.25) is 0 Å². The lowest BCUT2D eigenvalue weighted by Crippen LogP contribution is -2.30. The summed E-state index contributed by atoms with van der Waals surface area (Å²) in [5, 5.41) is 11.9. The van der Waals surface area contributed by atoms with Crippen LogP contribution in [-0.2, 0) is 0 Å². The smallest absolute Gasteiger partial charge is 0.252 e. The molecule has 0 saturated heterocycles. The maximum absolute atomic E-state index is 12.2. The van der Waals surface area contributed by atoms with E-state index in [1.165, 1.54) is 0 Å². The summed E-state index contributed by atoms with van der Waals surface area (Å²) in [6, 6.07) is 3.97. The number of amides is 1. The fourth-order valence-corrected chi connectivity index (χ4v) is 4.09. The van der Waals surface area contributed by atoms with E-state index in [1.54, 1.807) is 0 Å². The zero-order valence-corrected chi connectivity index (χ0v) is 17.0. The quantitative estimate of drug-likeness (QED) is 0.388. The Morgan fingerprint density at radius 2 is 2.05 bits per heavy atom. The molecule has 2 N–H and O–H groups in total. The second-order valence-electron chi connectivity index (χ2n) is 4.25. The van der Waals surface area contributed by atoms with Crippen molar-refractivity contribution in [1.29, 1.82) is 0 Å². The van der Waals surface area contributed by atoms with Gasteiger partial charge in [-0.15, -0.1) is 0 Å². The Labute approximate surface area is 154 Å². The normalized spacial score (nSPS) is 12.3. The summed E-state index contributed by atoms with van der Waals surface area (Å²) in [6.07, 6.45) is 1.69. The highest BCUT2D eigenvalue weighted by Crippen LogP contribution is 2.22. The van der Waals surface area contributed by atoms with Crippen molar-refractivity contribution >= 4 is 73.7 Å². The molecule has 0 radical (unpaired) electrons. The van der Waals surface area contributed by atoms with Crippen molar-refractivity contribution in [2.45, 2.75) is 19.8 Å². The molecule has 0 saturated carbocycles. The van der Waals surface area contributed by atoms with Gasteiger partial charge in [-0.2, -0.15) is 0 Å². The van der Waals surface area contributed by atoms with E-state index in [4.69, 9.17) is 5.11 Å². The van der Waals surface area contributed by atoms with Crippen LogP contribution >= 0.6 is 67.8 Å². The van der Waals surface area contributed by atoms with E-state index in [1.807, 2.05) is 6.07 Å². The van der Waals surface area contributed by atoms with Gasteiger partial charge in [-0.05, 0) is 92.2 Å². The largest absolute Gasteiger partial charge is 0.396 e. The third-order valence-corrected chi connectivity index (χ3v) is 6.57. The Kier molecular flexibility index (Phi) is 8.46. The SMILES string of the molecule is CCC(CCO)CNC(=O)c1cc(I)cc(I)c1I. The first kappa shape index (κ1) is 17.9.